The molecule has 0 unspecified atom stereocenters. The van der Waals surface area contributed by atoms with Gasteiger partial charge in [0.15, 0.2) is 0 Å². The standard InChI is InChI=1S/C20H21FN6/c1-13(26(2)3)14-4-6-15(7-5-14)19-11-27(25-24-19)12-20-22-17-9-8-16(21)10-18(17)23-20/h4-11,13H,12H2,1-3H3,(H,22,23)/t13-/m0/s1. The number of nitrogens with zero attached hydrogens (tertiary/aromatic N) is 5. The molecular weight excluding hydrogens is 343 g/mol. The molecule has 0 spiro atoms. The van der Waals surface area contributed by atoms with E-state index in [0.717, 1.165) is 16.8 Å². The van der Waals surface area contributed by atoms with E-state index in [-0.39, 0.29) is 5.82 Å². The predicted octanol–water partition coefficient (Wildman–Crippen LogP) is 3.63. The van der Waals surface area contributed by atoms with E-state index in [1.165, 1.54) is 17.7 Å². The van der Waals surface area contributed by atoms with Crippen LogP contribution in [-0.2, 0) is 6.54 Å². The minimum atomic E-state index is -0.284. The first kappa shape index (κ1) is 17.4. The first-order valence-corrected chi connectivity index (χ1v) is 8.80. The summed E-state index contributed by atoms with van der Waals surface area (Å²) in [5.74, 6) is 0.426. The van der Waals surface area contributed by atoms with Gasteiger partial charge in [-0.1, -0.05) is 29.5 Å². The van der Waals surface area contributed by atoms with Crippen molar-refractivity contribution >= 4 is 11.0 Å². The molecule has 0 saturated heterocycles. The maximum absolute atomic E-state index is 13.3. The molecule has 6 nitrogen and oxygen atoms in total. The maximum Gasteiger partial charge on any atom is 0.129 e. The molecule has 2 aromatic heterocycles. The van der Waals surface area contributed by atoms with Crippen molar-refractivity contribution in [2.75, 3.05) is 14.1 Å². The number of fused-ring (bicyclic) bond motifs is 1. The number of imidazole rings is 1. The first-order valence-electron chi connectivity index (χ1n) is 8.80. The zero-order valence-electron chi connectivity index (χ0n) is 15.5. The average Bonchev–Trinajstić information content (AvgIpc) is 3.27. The van der Waals surface area contributed by atoms with Crippen molar-refractivity contribution in [3.05, 3.63) is 65.9 Å². The lowest BCUT2D eigenvalue weighted by Gasteiger charge is -2.20. The normalized spacial score (nSPS) is 12.8. The highest BCUT2D eigenvalue weighted by Crippen LogP contribution is 2.22. The maximum atomic E-state index is 13.3. The summed E-state index contributed by atoms with van der Waals surface area (Å²) in [6.45, 7) is 2.61. The Labute approximate surface area is 156 Å². The van der Waals surface area contributed by atoms with Gasteiger partial charge in [0.25, 0.3) is 0 Å². The molecule has 0 saturated carbocycles. The Kier molecular flexibility index (Phi) is 4.45. The molecule has 2 aromatic carbocycles. The number of halogens is 1. The van der Waals surface area contributed by atoms with Crippen molar-refractivity contribution in [2.45, 2.75) is 19.5 Å². The lowest BCUT2D eigenvalue weighted by molar-refractivity contribution is 0.321. The van der Waals surface area contributed by atoms with Gasteiger partial charge in [-0.05, 0) is 44.8 Å². The van der Waals surface area contributed by atoms with Crippen LogP contribution in [0.1, 0.15) is 24.4 Å². The summed E-state index contributed by atoms with van der Waals surface area (Å²) in [4.78, 5) is 9.75. The van der Waals surface area contributed by atoms with E-state index in [9.17, 15) is 4.39 Å². The van der Waals surface area contributed by atoms with Crippen LogP contribution in [0.3, 0.4) is 0 Å². The number of nitrogens with one attached hydrogen (secondary N) is 1. The largest absolute Gasteiger partial charge is 0.340 e. The molecule has 0 aliphatic heterocycles. The molecule has 27 heavy (non-hydrogen) atoms. The highest BCUT2D eigenvalue weighted by atomic mass is 19.1. The Bertz CT molecular complexity index is 1060. The molecule has 4 aromatic rings. The van der Waals surface area contributed by atoms with E-state index < -0.39 is 0 Å². The van der Waals surface area contributed by atoms with Gasteiger partial charge in [0.05, 0.1) is 17.2 Å². The number of rotatable bonds is 5. The van der Waals surface area contributed by atoms with Crippen molar-refractivity contribution in [1.82, 2.24) is 29.9 Å². The van der Waals surface area contributed by atoms with E-state index in [4.69, 9.17) is 0 Å². The summed E-state index contributed by atoms with van der Waals surface area (Å²) in [7, 11) is 4.13. The summed E-state index contributed by atoms with van der Waals surface area (Å²) < 4.78 is 15.0. The summed E-state index contributed by atoms with van der Waals surface area (Å²) >= 11 is 0. The molecule has 2 heterocycles. The van der Waals surface area contributed by atoms with Crippen LogP contribution in [0, 0.1) is 5.82 Å². The Morgan fingerprint density at radius 2 is 1.93 bits per heavy atom. The highest BCUT2D eigenvalue weighted by molar-refractivity contribution is 5.74. The molecule has 1 atom stereocenters. The van der Waals surface area contributed by atoms with E-state index in [0.29, 0.717) is 23.9 Å². The van der Waals surface area contributed by atoms with Crippen LogP contribution < -0.4 is 0 Å². The van der Waals surface area contributed by atoms with Crippen LogP contribution in [-0.4, -0.2) is 44.0 Å². The lowest BCUT2D eigenvalue weighted by atomic mass is 10.0. The minimum Gasteiger partial charge on any atom is -0.340 e. The van der Waals surface area contributed by atoms with Crippen LogP contribution in [0.15, 0.2) is 48.7 Å². The summed E-state index contributed by atoms with van der Waals surface area (Å²) in [6, 6.07) is 13.2. The summed E-state index contributed by atoms with van der Waals surface area (Å²) in [5, 5.41) is 8.45. The Hall–Kier alpha value is -3.06. The second-order valence-electron chi connectivity index (χ2n) is 6.91. The van der Waals surface area contributed by atoms with Crippen molar-refractivity contribution in [3.63, 3.8) is 0 Å². The third-order valence-corrected chi connectivity index (χ3v) is 4.81. The van der Waals surface area contributed by atoms with Gasteiger partial charge in [-0.15, -0.1) is 5.10 Å². The quantitative estimate of drug-likeness (QED) is 0.587. The fourth-order valence-electron chi connectivity index (χ4n) is 3.00. The Balaban J connectivity index is 1.52. The lowest BCUT2D eigenvalue weighted by Crippen LogP contribution is -2.16. The SMILES string of the molecule is C[C@@H](c1ccc(-c2cn(Cc3nc4ccc(F)cc4[nH]3)nn2)cc1)N(C)C. The molecular formula is C20H21FN6. The number of hydrogen-bond acceptors (Lipinski definition) is 4. The molecule has 1 N–H and O–H groups in total. The average molecular weight is 364 g/mol. The number of hydrogen-bond donors (Lipinski definition) is 1. The number of benzene rings is 2. The van der Waals surface area contributed by atoms with Crippen LogP contribution >= 0.6 is 0 Å². The summed E-state index contributed by atoms with van der Waals surface area (Å²) in [5.41, 5.74) is 4.49. The van der Waals surface area contributed by atoms with Crippen LogP contribution in [0.2, 0.25) is 0 Å². The van der Waals surface area contributed by atoms with Gasteiger partial charge in [-0.3, -0.25) is 0 Å². The van der Waals surface area contributed by atoms with Crippen LogP contribution in [0.5, 0.6) is 0 Å². The minimum absolute atomic E-state index is 0.284. The summed E-state index contributed by atoms with van der Waals surface area (Å²) in [6.07, 6.45) is 1.89. The van der Waals surface area contributed by atoms with E-state index in [1.807, 2.05) is 6.20 Å². The molecule has 0 amide bonds. The van der Waals surface area contributed by atoms with Gasteiger partial charge in [-0.2, -0.15) is 0 Å². The van der Waals surface area contributed by atoms with E-state index in [2.05, 4.69) is 70.5 Å². The Morgan fingerprint density at radius 3 is 2.67 bits per heavy atom. The van der Waals surface area contributed by atoms with Crippen molar-refractivity contribution in [3.8, 4) is 11.3 Å². The smallest absolute Gasteiger partial charge is 0.129 e. The van der Waals surface area contributed by atoms with Crippen molar-refractivity contribution in [2.24, 2.45) is 0 Å². The third-order valence-electron chi connectivity index (χ3n) is 4.81. The zero-order chi connectivity index (χ0) is 19.0. The zero-order valence-corrected chi connectivity index (χ0v) is 15.5. The molecule has 0 radical (unpaired) electrons. The van der Waals surface area contributed by atoms with Gasteiger partial charge < -0.3 is 9.88 Å². The number of aromatic nitrogens is 5. The molecule has 7 heteroatoms. The van der Waals surface area contributed by atoms with Gasteiger partial charge in [0.2, 0.25) is 0 Å². The second-order valence-corrected chi connectivity index (χ2v) is 6.91. The first-order chi connectivity index (χ1) is 13.0. The highest BCUT2D eigenvalue weighted by Gasteiger charge is 2.10. The Morgan fingerprint density at radius 1 is 1.15 bits per heavy atom. The molecule has 138 valence electrons. The van der Waals surface area contributed by atoms with Crippen LogP contribution in [0.25, 0.3) is 22.3 Å². The van der Waals surface area contributed by atoms with Gasteiger partial charge in [0, 0.05) is 11.6 Å². The van der Waals surface area contributed by atoms with Gasteiger partial charge in [0.1, 0.15) is 23.9 Å². The number of H-pyrrole nitrogens is 1. The second kappa shape index (κ2) is 6.92. The fourth-order valence-corrected chi connectivity index (χ4v) is 3.00. The molecule has 4 rings (SSSR count). The van der Waals surface area contributed by atoms with Crippen molar-refractivity contribution in [1.29, 1.82) is 0 Å². The van der Waals surface area contributed by atoms with Gasteiger partial charge in [-0.25, -0.2) is 14.1 Å². The fraction of sp³-hybridized carbons (Fsp3) is 0.250. The predicted molar refractivity (Wildman–Crippen MR) is 103 cm³/mol. The van der Waals surface area contributed by atoms with Gasteiger partial charge >= 0.3 is 0 Å². The van der Waals surface area contributed by atoms with E-state index >= 15 is 0 Å². The van der Waals surface area contributed by atoms with Crippen LogP contribution in [0.4, 0.5) is 4.39 Å². The topological polar surface area (TPSA) is 62.6 Å². The molecule has 0 aliphatic rings. The van der Waals surface area contributed by atoms with Crippen molar-refractivity contribution < 1.29 is 4.39 Å². The molecule has 0 bridgehead atoms. The molecule has 0 aliphatic carbocycles. The third kappa shape index (κ3) is 3.59. The molecule has 0 fully saturated rings. The van der Waals surface area contributed by atoms with E-state index in [1.54, 1.807) is 10.7 Å². The number of aromatic amines is 1. The monoisotopic (exact) mass is 364 g/mol.